The molecule has 0 aliphatic rings. The van der Waals surface area contributed by atoms with Crippen molar-refractivity contribution in [2.45, 2.75) is 20.0 Å². The molecule has 0 unspecified atom stereocenters. The molecule has 3 rings (SSSR count). The highest BCUT2D eigenvalue weighted by Crippen LogP contribution is 2.33. The van der Waals surface area contributed by atoms with Crippen molar-refractivity contribution in [3.05, 3.63) is 83.4 Å². The van der Waals surface area contributed by atoms with E-state index in [1.807, 2.05) is 31.2 Å². The minimum absolute atomic E-state index is 0.0516. The second-order valence-corrected chi connectivity index (χ2v) is 7.74. The highest BCUT2D eigenvalue weighted by molar-refractivity contribution is 6.01. The predicted octanol–water partition coefficient (Wildman–Crippen LogP) is 4.86. The first-order chi connectivity index (χ1) is 16.9. The van der Waals surface area contributed by atoms with Crippen LogP contribution in [0, 0.1) is 18.3 Å². The highest BCUT2D eigenvalue weighted by atomic mass is 16.6. The summed E-state index contributed by atoms with van der Waals surface area (Å²) in [6, 6.07) is 21.6. The topological polar surface area (TPSA) is 101 Å². The molecular weight excluding hydrogens is 446 g/mol. The molecule has 1 N–H and O–H groups in total. The summed E-state index contributed by atoms with van der Waals surface area (Å²) in [7, 11) is 2.99. The molecule has 0 saturated carbocycles. The van der Waals surface area contributed by atoms with Crippen molar-refractivity contribution in [3.8, 4) is 17.6 Å². The number of amides is 2. The van der Waals surface area contributed by atoms with Gasteiger partial charge < -0.3 is 19.5 Å². The summed E-state index contributed by atoms with van der Waals surface area (Å²) in [6.07, 6.45) is -0.417. The Bertz CT molecular complexity index is 1200. The molecule has 0 radical (unpaired) electrons. The molecular formula is C27H27N3O5. The Hall–Kier alpha value is -4.51. The van der Waals surface area contributed by atoms with Gasteiger partial charge in [-0.05, 0) is 42.3 Å². The van der Waals surface area contributed by atoms with Crippen LogP contribution in [-0.4, -0.2) is 32.8 Å². The number of benzene rings is 3. The number of methoxy groups -OCH3 is 2. The Morgan fingerprint density at radius 2 is 1.63 bits per heavy atom. The predicted molar refractivity (Wildman–Crippen MR) is 133 cm³/mol. The Morgan fingerprint density at radius 3 is 2.26 bits per heavy atom. The first-order valence-corrected chi connectivity index (χ1v) is 10.9. The van der Waals surface area contributed by atoms with Gasteiger partial charge in [-0.2, -0.15) is 5.26 Å². The van der Waals surface area contributed by atoms with Gasteiger partial charge in [0.05, 0.1) is 32.4 Å². The van der Waals surface area contributed by atoms with E-state index in [1.165, 1.54) is 19.1 Å². The van der Waals surface area contributed by atoms with Crippen molar-refractivity contribution in [1.29, 1.82) is 5.26 Å². The van der Waals surface area contributed by atoms with Gasteiger partial charge in [0, 0.05) is 11.8 Å². The molecule has 180 valence electrons. The maximum atomic E-state index is 13.1. The molecule has 0 fully saturated rings. The Kier molecular flexibility index (Phi) is 8.68. The quantitative estimate of drug-likeness (QED) is 0.476. The van der Waals surface area contributed by atoms with Crippen LogP contribution in [0.1, 0.15) is 16.7 Å². The number of aryl methyl sites for hydroxylation is 1. The highest BCUT2D eigenvalue weighted by Gasteiger charge is 2.24. The van der Waals surface area contributed by atoms with E-state index in [-0.39, 0.29) is 19.6 Å². The average Bonchev–Trinajstić information content (AvgIpc) is 2.87. The molecule has 3 aromatic carbocycles. The number of nitrogens with zero attached hydrogens (tertiary/aromatic N) is 2. The molecule has 0 spiro atoms. The lowest BCUT2D eigenvalue weighted by molar-refractivity contribution is -0.115. The van der Waals surface area contributed by atoms with E-state index in [9.17, 15) is 9.59 Å². The van der Waals surface area contributed by atoms with Crippen LogP contribution >= 0.6 is 0 Å². The Labute approximate surface area is 204 Å². The molecule has 2 amide bonds. The minimum Gasteiger partial charge on any atom is -0.497 e. The van der Waals surface area contributed by atoms with E-state index < -0.39 is 12.0 Å². The third-order valence-electron chi connectivity index (χ3n) is 5.20. The summed E-state index contributed by atoms with van der Waals surface area (Å²) in [4.78, 5) is 27.2. The number of hydrogen-bond acceptors (Lipinski definition) is 6. The fourth-order valence-corrected chi connectivity index (χ4v) is 3.30. The van der Waals surface area contributed by atoms with E-state index in [4.69, 9.17) is 19.5 Å². The summed E-state index contributed by atoms with van der Waals surface area (Å²) in [5.41, 5.74) is 3.68. The maximum absolute atomic E-state index is 13.1. The van der Waals surface area contributed by atoms with Crippen LogP contribution in [0.15, 0.2) is 66.7 Å². The number of rotatable bonds is 9. The van der Waals surface area contributed by atoms with Crippen molar-refractivity contribution in [2.75, 3.05) is 31.0 Å². The van der Waals surface area contributed by atoms with Crippen molar-refractivity contribution in [3.63, 3.8) is 0 Å². The lowest BCUT2D eigenvalue weighted by Gasteiger charge is -2.24. The summed E-state index contributed by atoms with van der Waals surface area (Å²) < 4.78 is 16.2. The zero-order chi connectivity index (χ0) is 25.2. The summed E-state index contributed by atoms with van der Waals surface area (Å²) in [5, 5.41) is 11.6. The lowest BCUT2D eigenvalue weighted by atomic mass is 10.1. The number of carbonyl (C=O) groups excluding carboxylic acids is 2. The zero-order valence-corrected chi connectivity index (χ0v) is 19.9. The number of ether oxygens (including phenoxy) is 3. The van der Waals surface area contributed by atoms with E-state index in [0.29, 0.717) is 22.9 Å². The summed E-state index contributed by atoms with van der Waals surface area (Å²) >= 11 is 0. The van der Waals surface area contributed by atoms with Gasteiger partial charge >= 0.3 is 6.09 Å². The SMILES string of the molecule is COc1ccc(N(CC(=O)Nc2ccc(CC#N)cc2)C(=O)OCc2ccc(C)cc2)c(OC)c1. The zero-order valence-electron chi connectivity index (χ0n) is 19.9. The standard InChI is InChI=1S/C27H27N3O5/c1-19-4-6-21(7-5-19)18-35-27(32)30(24-13-12-23(33-2)16-25(24)34-3)17-26(31)29-22-10-8-20(9-11-22)14-15-28/h4-13,16H,14,17-18H2,1-3H3,(H,29,31). The first kappa shape index (κ1) is 25.1. The molecule has 3 aromatic rings. The molecule has 0 aromatic heterocycles. The number of nitriles is 1. The van der Waals surface area contributed by atoms with Gasteiger partial charge in [0.15, 0.2) is 0 Å². The molecule has 35 heavy (non-hydrogen) atoms. The monoisotopic (exact) mass is 473 g/mol. The van der Waals surface area contributed by atoms with Crippen LogP contribution in [0.5, 0.6) is 11.5 Å². The van der Waals surface area contributed by atoms with Gasteiger partial charge in [0.2, 0.25) is 5.91 Å². The van der Waals surface area contributed by atoms with Gasteiger partial charge in [0.25, 0.3) is 0 Å². The van der Waals surface area contributed by atoms with Gasteiger partial charge in [-0.15, -0.1) is 0 Å². The normalized spacial score (nSPS) is 10.1. The first-order valence-electron chi connectivity index (χ1n) is 10.9. The van der Waals surface area contributed by atoms with Gasteiger partial charge in [-0.25, -0.2) is 4.79 Å². The second-order valence-electron chi connectivity index (χ2n) is 7.74. The van der Waals surface area contributed by atoms with Crippen molar-refractivity contribution in [1.82, 2.24) is 0 Å². The Balaban J connectivity index is 1.80. The van der Waals surface area contributed by atoms with Gasteiger partial charge in [-0.1, -0.05) is 42.0 Å². The fraction of sp³-hybridized carbons (Fsp3) is 0.222. The summed E-state index contributed by atoms with van der Waals surface area (Å²) in [5.74, 6) is 0.467. The molecule has 0 aliphatic heterocycles. The third-order valence-corrected chi connectivity index (χ3v) is 5.20. The molecule has 0 atom stereocenters. The fourth-order valence-electron chi connectivity index (χ4n) is 3.30. The number of hydrogen-bond donors (Lipinski definition) is 1. The van der Waals surface area contributed by atoms with Crippen LogP contribution < -0.4 is 19.7 Å². The maximum Gasteiger partial charge on any atom is 0.415 e. The minimum atomic E-state index is -0.700. The Morgan fingerprint density at radius 1 is 0.943 bits per heavy atom. The smallest absolute Gasteiger partial charge is 0.415 e. The number of carbonyl (C=O) groups is 2. The number of anilines is 2. The molecule has 0 heterocycles. The van der Waals surface area contributed by atoms with Crippen molar-refractivity contribution < 1.29 is 23.8 Å². The summed E-state index contributed by atoms with van der Waals surface area (Å²) in [6.45, 7) is 1.72. The largest absolute Gasteiger partial charge is 0.497 e. The van der Waals surface area contributed by atoms with Crippen LogP contribution in [-0.2, 0) is 22.6 Å². The van der Waals surface area contributed by atoms with Crippen LogP contribution in [0.25, 0.3) is 0 Å². The van der Waals surface area contributed by atoms with Crippen molar-refractivity contribution >= 4 is 23.4 Å². The van der Waals surface area contributed by atoms with E-state index in [2.05, 4.69) is 11.4 Å². The van der Waals surface area contributed by atoms with Crippen molar-refractivity contribution in [2.24, 2.45) is 0 Å². The molecule has 8 nitrogen and oxygen atoms in total. The molecule has 0 aliphatic carbocycles. The van der Waals surface area contributed by atoms with Crippen LogP contribution in [0.4, 0.5) is 16.2 Å². The molecule has 8 heteroatoms. The van der Waals surface area contributed by atoms with E-state index in [0.717, 1.165) is 16.7 Å². The van der Waals surface area contributed by atoms with E-state index >= 15 is 0 Å². The van der Waals surface area contributed by atoms with Gasteiger partial charge in [-0.3, -0.25) is 9.69 Å². The average molecular weight is 474 g/mol. The molecule has 0 saturated heterocycles. The lowest BCUT2D eigenvalue weighted by Crippen LogP contribution is -2.38. The second kappa shape index (κ2) is 12.1. The van der Waals surface area contributed by atoms with Gasteiger partial charge in [0.1, 0.15) is 24.7 Å². The van der Waals surface area contributed by atoms with Crippen LogP contribution in [0.3, 0.4) is 0 Å². The van der Waals surface area contributed by atoms with Crippen LogP contribution in [0.2, 0.25) is 0 Å². The van der Waals surface area contributed by atoms with E-state index in [1.54, 1.807) is 42.5 Å². The number of nitrogens with one attached hydrogen (secondary N) is 1. The third kappa shape index (κ3) is 6.98. The molecule has 0 bridgehead atoms.